The molecule has 0 unspecified atom stereocenters. The van der Waals surface area contributed by atoms with Gasteiger partial charge in [-0.2, -0.15) is 0 Å². The highest BCUT2D eigenvalue weighted by atomic mass is 32.1. The van der Waals surface area contributed by atoms with Crippen LogP contribution in [0.25, 0.3) is 32.2 Å². The van der Waals surface area contributed by atoms with E-state index in [9.17, 15) is 4.79 Å². The third-order valence-corrected chi connectivity index (χ3v) is 6.62. The van der Waals surface area contributed by atoms with Gasteiger partial charge in [-0.05, 0) is 52.8 Å². The number of aryl methyl sites for hydroxylation is 1. The number of nitrogens with zero attached hydrogens (tertiary/aromatic N) is 1. The first-order valence-electron chi connectivity index (χ1n) is 10.1. The molecule has 0 fully saturated rings. The summed E-state index contributed by atoms with van der Waals surface area (Å²) in [6.45, 7) is 2.91. The summed E-state index contributed by atoms with van der Waals surface area (Å²) < 4.78 is 2.31. The zero-order valence-electron chi connectivity index (χ0n) is 16.8. The lowest BCUT2D eigenvalue weighted by Crippen LogP contribution is -2.11. The summed E-state index contributed by atoms with van der Waals surface area (Å²) in [6.07, 6.45) is 1.01. The molecule has 3 nitrogen and oxygen atoms in total. The summed E-state index contributed by atoms with van der Waals surface area (Å²) in [5.74, 6) is -0.394. The normalized spacial score (nSPS) is 11.4. The number of thiophene rings is 1. The quantitative estimate of drug-likeness (QED) is 0.367. The topological polar surface area (TPSA) is 48.0 Å². The Kier molecular flexibility index (Phi) is 4.64. The van der Waals surface area contributed by atoms with Crippen LogP contribution in [0.15, 0.2) is 78.2 Å². The minimum atomic E-state index is -0.394. The lowest BCUT2D eigenvalue weighted by Gasteiger charge is -2.10. The number of benzene rings is 3. The van der Waals surface area contributed by atoms with E-state index in [1.165, 1.54) is 21.6 Å². The number of rotatable bonds is 5. The molecule has 2 N–H and O–H groups in total. The van der Waals surface area contributed by atoms with Crippen LogP contribution in [0.1, 0.15) is 28.4 Å². The molecule has 2 aromatic heterocycles. The summed E-state index contributed by atoms with van der Waals surface area (Å²) in [4.78, 5) is 13.4. The molecule has 4 heteroatoms. The van der Waals surface area contributed by atoms with Crippen LogP contribution in [0.2, 0.25) is 0 Å². The number of hydrogen-bond acceptors (Lipinski definition) is 2. The number of carbonyl (C=O) groups is 1. The second kappa shape index (κ2) is 7.47. The highest BCUT2D eigenvalue weighted by Gasteiger charge is 2.17. The minimum absolute atomic E-state index is 0.394. The Hall–Kier alpha value is -3.37. The highest BCUT2D eigenvalue weighted by Crippen LogP contribution is 2.36. The fourth-order valence-corrected chi connectivity index (χ4v) is 4.97. The fourth-order valence-electron chi connectivity index (χ4n) is 4.25. The van der Waals surface area contributed by atoms with Crippen LogP contribution in [-0.4, -0.2) is 10.5 Å². The second-order valence-electron chi connectivity index (χ2n) is 7.53. The third-order valence-electron chi connectivity index (χ3n) is 5.70. The molecule has 30 heavy (non-hydrogen) atoms. The Labute approximate surface area is 179 Å². The van der Waals surface area contributed by atoms with Crippen molar-refractivity contribution in [2.24, 2.45) is 5.73 Å². The van der Waals surface area contributed by atoms with E-state index in [1.807, 2.05) is 12.1 Å². The molecule has 0 aliphatic heterocycles. The van der Waals surface area contributed by atoms with Crippen LogP contribution in [0.4, 0.5) is 0 Å². The van der Waals surface area contributed by atoms with Gasteiger partial charge in [0.05, 0.1) is 11.0 Å². The lowest BCUT2D eigenvalue weighted by molar-refractivity contribution is 0.100. The number of amides is 1. The van der Waals surface area contributed by atoms with E-state index in [1.54, 1.807) is 11.3 Å². The molecular weight excluding hydrogens is 388 g/mol. The van der Waals surface area contributed by atoms with Gasteiger partial charge in [0.25, 0.3) is 0 Å². The average Bonchev–Trinajstić information content (AvgIpc) is 3.41. The van der Waals surface area contributed by atoms with E-state index in [4.69, 9.17) is 5.73 Å². The molecule has 5 rings (SSSR count). The average molecular weight is 411 g/mol. The van der Waals surface area contributed by atoms with Crippen molar-refractivity contribution in [2.75, 3.05) is 0 Å². The van der Waals surface area contributed by atoms with Gasteiger partial charge in [0.2, 0.25) is 5.91 Å². The molecule has 1 amide bonds. The van der Waals surface area contributed by atoms with Crippen molar-refractivity contribution >= 4 is 39.0 Å². The maximum atomic E-state index is 12.2. The predicted molar refractivity (Wildman–Crippen MR) is 126 cm³/mol. The number of nitrogens with two attached hydrogens (primary N) is 1. The molecular formula is C26H22N2OS. The van der Waals surface area contributed by atoms with Gasteiger partial charge in [-0.25, -0.2) is 0 Å². The van der Waals surface area contributed by atoms with Crippen LogP contribution < -0.4 is 5.73 Å². The van der Waals surface area contributed by atoms with Gasteiger partial charge in [0.15, 0.2) is 0 Å². The van der Waals surface area contributed by atoms with Crippen molar-refractivity contribution in [3.05, 3.63) is 94.9 Å². The first kappa shape index (κ1) is 18.6. The van der Waals surface area contributed by atoms with Crippen molar-refractivity contribution in [1.82, 2.24) is 4.57 Å². The minimum Gasteiger partial charge on any atom is -0.366 e. The van der Waals surface area contributed by atoms with Crippen LogP contribution in [0, 0.1) is 0 Å². The van der Waals surface area contributed by atoms with Crippen molar-refractivity contribution in [3.63, 3.8) is 0 Å². The molecule has 0 aliphatic rings. The maximum absolute atomic E-state index is 12.2. The van der Waals surface area contributed by atoms with Gasteiger partial charge in [0.1, 0.15) is 0 Å². The van der Waals surface area contributed by atoms with E-state index in [0.29, 0.717) is 5.56 Å². The van der Waals surface area contributed by atoms with Gasteiger partial charge in [-0.15, -0.1) is 11.3 Å². The van der Waals surface area contributed by atoms with Crippen LogP contribution in [0.5, 0.6) is 0 Å². The van der Waals surface area contributed by atoms with E-state index in [0.717, 1.165) is 34.8 Å². The monoisotopic (exact) mass is 410 g/mol. The first-order chi connectivity index (χ1) is 14.7. The number of hydrogen-bond donors (Lipinski definition) is 1. The van der Waals surface area contributed by atoms with Crippen LogP contribution >= 0.6 is 11.3 Å². The van der Waals surface area contributed by atoms with Crippen molar-refractivity contribution in [3.8, 4) is 10.4 Å². The Balaban J connectivity index is 1.79. The molecule has 0 saturated heterocycles. The van der Waals surface area contributed by atoms with Crippen molar-refractivity contribution < 1.29 is 4.79 Å². The molecule has 0 atom stereocenters. The molecule has 0 bridgehead atoms. The Bertz CT molecular complexity index is 1380. The standard InChI is InChI=1S/C26H22N2OS/c1-2-17-6-3-7-18(14-17)16-28-22-9-4-8-21(26(27)29)25(22)20-12-11-19(15-23(20)28)24-10-5-13-30-24/h3-15H,2,16H2,1H3,(H2,27,29). The Morgan fingerprint density at radius 1 is 0.933 bits per heavy atom. The van der Waals surface area contributed by atoms with Gasteiger partial charge >= 0.3 is 0 Å². The summed E-state index contributed by atoms with van der Waals surface area (Å²) in [5.41, 5.74) is 12.2. The van der Waals surface area contributed by atoms with Crippen LogP contribution in [0.3, 0.4) is 0 Å². The van der Waals surface area contributed by atoms with E-state index < -0.39 is 5.91 Å². The predicted octanol–water partition coefficient (Wildman–Crippen LogP) is 6.23. The first-order valence-corrected chi connectivity index (χ1v) is 11.0. The molecule has 0 spiro atoms. The van der Waals surface area contributed by atoms with Gasteiger partial charge < -0.3 is 10.3 Å². The molecule has 2 heterocycles. The largest absolute Gasteiger partial charge is 0.366 e. The van der Waals surface area contributed by atoms with Crippen LogP contribution in [-0.2, 0) is 13.0 Å². The summed E-state index contributed by atoms with van der Waals surface area (Å²) in [5, 5.41) is 4.09. The van der Waals surface area contributed by atoms with Gasteiger partial charge in [-0.1, -0.05) is 55.5 Å². The van der Waals surface area contributed by atoms with E-state index in [-0.39, 0.29) is 0 Å². The van der Waals surface area contributed by atoms with E-state index >= 15 is 0 Å². The maximum Gasteiger partial charge on any atom is 0.249 e. The molecule has 0 radical (unpaired) electrons. The summed E-state index contributed by atoms with van der Waals surface area (Å²) in [7, 11) is 0. The lowest BCUT2D eigenvalue weighted by atomic mass is 10.0. The summed E-state index contributed by atoms with van der Waals surface area (Å²) >= 11 is 1.73. The Morgan fingerprint density at radius 2 is 1.77 bits per heavy atom. The molecule has 148 valence electrons. The zero-order chi connectivity index (χ0) is 20.7. The van der Waals surface area contributed by atoms with E-state index in [2.05, 4.69) is 77.5 Å². The zero-order valence-corrected chi connectivity index (χ0v) is 17.6. The number of primary amides is 1. The third kappa shape index (κ3) is 3.10. The number of aromatic nitrogens is 1. The molecule has 0 saturated carbocycles. The van der Waals surface area contributed by atoms with Crippen molar-refractivity contribution in [1.29, 1.82) is 0 Å². The highest BCUT2D eigenvalue weighted by molar-refractivity contribution is 7.13. The number of carbonyl (C=O) groups excluding carboxylic acids is 1. The van der Waals surface area contributed by atoms with Gasteiger partial charge in [-0.3, -0.25) is 4.79 Å². The fraction of sp³-hybridized carbons (Fsp3) is 0.115. The Morgan fingerprint density at radius 3 is 2.53 bits per heavy atom. The number of fused-ring (bicyclic) bond motifs is 3. The SMILES string of the molecule is CCc1cccc(Cn2c3cc(-c4cccs4)ccc3c3c(C(N)=O)cccc32)c1. The smallest absolute Gasteiger partial charge is 0.249 e. The molecule has 0 aliphatic carbocycles. The molecule has 3 aromatic carbocycles. The summed E-state index contributed by atoms with van der Waals surface area (Å²) in [6, 6.07) is 25.2. The molecule has 5 aromatic rings. The van der Waals surface area contributed by atoms with Crippen molar-refractivity contribution in [2.45, 2.75) is 19.9 Å². The van der Waals surface area contributed by atoms with Gasteiger partial charge in [0, 0.05) is 27.8 Å². The second-order valence-corrected chi connectivity index (χ2v) is 8.48.